The average molecular weight is 266 g/mol. The van der Waals surface area contributed by atoms with E-state index in [9.17, 15) is 10.2 Å². The smallest absolute Gasteiger partial charge is 0.178 e. The summed E-state index contributed by atoms with van der Waals surface area (Å²) >= 11 is 1.90. The van der Waals surface area contributed by atoms with Crippen molar-refractivity contribution in [3.63, 3.8) is 0 Å². The summed E-state index contributed by atoms with van der Waals surface area (Å²) in [6.45, 7) is 13.0. The predicted molar refractivity (Wildman–Crippen MR) is 76.1 cm³/mol. The van der Waals surface area contributed by atoms with Gasteiger partial charge in [0, 0.05) is 20.6 Å². The Morgan fingerprint density at radius 1 is 1.11 bits per heavy atom. The van der Waals surface area contributed by atoms with E-state index in [1.807, 2.05) is 24.8 Å². The van der Waals surface area contributed by atoms with Gasteiger partial charge in [-0.15, -0.1) is 11.8 Å². The van der Waals surface area contributed by atoms with Crippen molar-refractivity contribution >= 4 is 11.8 Å². The number of aliphatic hydroxyl groups is 2. The van der Waals surface area contributed by atoms with Crippen molar-refractivity contribution in [1.29, 1.82) is 0 Å². The maximum atomic E-state index is 9.51. The summed E-state index contributed by atoms with van der Waals surface area (Å²) in [6.07, 6.45) is -1.39. The van der Waals surface area contributed by atoms with Gasteiger partial charge in [0.05, 0.1) is 0 Å². The zero-order valence-corrected chi connectivity index (χ0v) is 12.8. The van der Waals surface area contributed by atoms with E-state index in [4.69, 9.17) is 0 Å². The normalized spacial score (nSPS) is 20.3. The van der Waals surface area contributed by atoms with Crippen LogP contribution in [0.1, 0.15) is 56.2 Å². The molecule has 0 fully saturated rings. The largest absolute Gasteiger partial charge is 0.364 e. The second kappa shape index (κ2) is 3.99. The van der Waals surface area contributed by atoms with E-state index in [0.717, 1.165) is 11.1 Å². The number of benzene rings is 1. The molecule has 1 aromatic carbocycles. The standard InChI is InChI=1S/C15H22O2S/c1-8-7-10(13(16)17)9(2)11-12(8)18-15(5,6)14(11,3)4/h7,13,16-17H,1-6H3. The zero-order chi connectivity index (χ0) is 13.9. The molecule has 0 bridgehead atoms. The number of aryl methyl sites for hydroxylation is 1. The Hall–Kier alpha value is -0.510. The topological polar surface area (TPSA) is 40.5 Å². The molecule has 1 aliphatic heterocycles. The maximum absolute atomic E-state index is 9.51. The molecule has 0 atom stereocenters. The van der Waals surface area contributed by atoms with E-state index in [1.165, 1.54) is 10.5 Å². The molecule has 2 nitrogen and oxygen atoms in total. The van der Waals surface area contributed by atoms with E-state index >= 15 is 0 Å². The van der Waals surface area contributed by atoms with Crippen molar-refractivity contribution in [1.82, 2.24) is 0 Å². The minimum absolute atomic E-state index is 0.0206. The van der Waals surface area contributed by atoms with Crippen molar-refractivity contribution < 1.29 is 10.2 Å². The van der Waals surface area contributed by atoms with Gasteiger partial charge in [0.1, 0.15) is 0 Å². The highest BCUT2D eigenvalue weighted by molar-refractivity contribution is 8.01. The van der Waals surface area contributed by atoms with Crippen LogP contribution in [0.15, 0.2) is 11.0 Å². The lowest BCUT2D eigenvalue weighted by molar-refractivity contribution is -0.0431. The molecule has 0 unspecified atom stereocenters. The monoisotopic (exact) mass is 266 g/mol. The lowest BCUT2D eigenvalue weighted by Crippen LogP contribution is -2.36. The van der Waals surface area contributed by atoms with Crippen LogP contribution in [0.4, 0.5) is 0 Å². The van der Waals surface area contributed by atoms with Gasteiger partial charge in [0.15, 0.2) is 6.29 Å². The molecular formula is C15H22O2S. The van der Waals surface area contributed by atoms with Crippen LogP contribution >= 0.6 is 11.8 Å². The van der Waals surface area contributed by atoms with Crippen LogP contribution in [-0.2, 0) is 5.41 Å². The number of hydrogen-bond acceptors (Lipinski definition) is 3. The van der Waals surface area contributed by atoms with Gasteiger partial charge >= 0.3 is 0 Å². The van der Waals surface area contributed by atoms with E-state index in [2.05, 4.69) is 34.6 Å². The highest BCUT2D eigenvalue weighted by Crippen LogP contribution is 2.58. The number of aliphatic hydroxyl groups excluding tert-OH is 1. The molecule has 0 saturated heterocycles. The molecule has 100 valence electrons. The first-order chi connectivity index (χ1) is 8.09. The molecular weight excluding hydrogens is 244 g/mol. The van der Waals surface area contributed by atoms with Crippen LogP contribution in [0.3, 0.4) is 0 Å². The van der Waals surface area contributed by atoms with Gasteiger partial charge in [0.2, 0.25) is 0 Å². The third-order valence-electron chi connectivity index (χ3n) is 4.53. The molecule has 3 heteroatoms. The Labute approximate surface area is 113 Å². The summed E-state index contributed by atoms with van der Waals surface area (Å²) in [4.78, 5) is 1.31. The minimum Gasteiger partial charge on any atom is -0.364 e. The molecule has 1 aromatic rings. The van der Waals surface area contributed by atoms with Crippen LogP contribution in [0.2, 0.25) is 0 Å². The Balaban J connectivity index is 2.77. The van der Waals surface area contributed by atoms with Gasteiger partial charge in [-0.1, -0.05) is 13.8 Å². The maximum Gasteiger partial charge on any atom is 0.178 e. The summed E-state index contributed by atoms with van der Waals surface area (Å²) < 4.78 is 0.115. The van der Waals surface area contributed by atoms with E-state index < -0.39 is 6.29 Å². The van der Waals surface area contributed by atoms with Gasteiger partial charge in [0.25, 0.3) is 0 Å². The SMILES string of the molecule is Cc1cc(C(O)O)c(C)c2c1SC(C)(C)C2(C)C. The summed E-state index contributed by atoms with van der Waals surface area (Å²) in [5.74, 6) is 0. The molecule has 0 aliphatic carbocycles. The van der Waals surface area contributed by atoms with Gasteiger partial charge < -0.3 is 10.2 Å². The van der Waals surface area contributed by atoms with Gasteiger partial charge in [-0.3, -0.25) is 0 Å². The first kappa shape index (κ1) is 13.9. The summed E-state index contributed by atoms with van der Waals surface area (Å²) in [5, 5.41) is 19.0. The third-order valence-corrected chi connectivity index (χ3v) is 6.28. The lowest BCUT2D eigenvalue weighted by atomic mass is 9.72. The van der Waals surface area contributed by atoms with Crippen LogP contribution in [0, 0.1) is 13.8 Å². The molecule has 0 radical (unpaired) electrons. The highest BCUT2D eigenvalue weighted by Gasteiger charge is 2.48. The third kappa shape index (κ3) is 1.72. The molecule has 0 saturated carbocycles. The van der Waals surface area contributed by atoms with E-state index in [-0.39, 0.29) is 10.2 Å². The highest BCUT2D eigenvalue weighted by atomic mass is 32.2. The number of hydrogen-bond donors (Lipinski definition) is 2. The van der Waals surface area contributed by atoms with Crippen LogP contribution in [0.5, 0.6) is 0 Å². The quantitative estimate of drug-likeness (QED) is 0.765. The molecule has 2 N–H and O–H groups in total. The summed E-state index contributed by atoms with van der Waals surface area (Å²) in [7, 11) is 0. The fourth-order valence-corrected chi connectivity index (χ4v) is 4.35. The first-order valence-electron chi connectivity index (χ1n) is 6.29. The molecule has 2 rings (SSSR count). The number of fused-ring (bicyclic) bond motifs is 1. The number of rotatable bonds is 1. The fraction of sp³-hybridized carbons (Fsp3) is 0.600. The molecule has 0 amide bonds. The second-order valence-corrected chi connectivity index (χ2v) is 7.86. The summed E-state index contributed by atoms with van der Waals surface area (Å²) in [5.41, 5.74) is 4.10. The van der Waals surface area contributed by atoms with Crippen molar-refractivity contribution in [2.75, 3.05) is 0 Å². The average Bonchev–Trinajstić information content (AvgIpc) is 2.40. The van der Waals surface area contributed by atoms with Gasteiger partial charge in [-0.2, -0.15) is 0 Å². The van der Waals surface area contributed by atoms with Crippen molar-refractivity contribution in [2.45, 2.75) is 62.9 Å². The Morgan fingerprint density at radius 3 is 2.17 bits per heavy atom. The van der Waals surface area contributed by atoms with Crippen molar-refractivity contribution in [3.8, 4) is 0 Å². The fourth-order valence-electron chi connectivity index (χ4n) is 2.75. The van der Waals surface area contributed by atoms with Gasteiger partial charge in [-0.25, -0.2) is 0 Å². The van der Waals surface area contributed by atoms with Crippen LogP contribution in [-0.4, -0.2) is 15.0 Å². The predicted octanol–water partition coefficient (Wildman–Crippen LogP) is 3.45. The zero-order valence-electron chi connectivity index (χ0n) is 12.0. The van der Waals surface area contributed by atoms with E-state index in [1.54, 1.807) is 0 Å². The van der Waals surface area contributed by atoms with Gasteiger partial charge in [-0.05, 0) is 50.5 Å². The van der Waals surface area contributed by atoms with Crippen molar-refractivity contribution in [3.05, 3.63) is 28.3 Å². The van der Waals surface area contributed by atoms with E-state index in [0.29, 0.717) is 5.56 Å². The molecule has 1 aliphatic rings. The Kier molecular flexibility index (Phi) is 3.08. The minimum atomic E-state index is -1.39. The molecule has 1 heterocycles. The molecule has 0 spiro atoms. The van der Waals surface area contributed by atoms with Crippen LogP contribution in [0.25, 0.3) is 0 Å². The molecule has 0 aromatic heterocycles. The van der Waals surface area contributed by atoms with Crippen molar-refractivity contribution in [2.24, 2.45) is 0 Å². The Bertz CT molecular complexity index is 502. The summed E-state index contributed by atoms with van der Waals surface area (Å²) in [6, 6.07) is 1.91. The Morgan fingerprint density at radius 2 is 1.67 bits per heavy atom. The lowest BCUT2D eigenvalue weighted by Gasteiger charge is -2.35. The first-order valence-corrected chi connectivity index (χ1v) is 7.11. The number of thioether (sulfide) groups is 1. The van der Waals surface area contributed by atoms with Crippen LogP contribution < -0.4 is 0 Å². The second-order valence-electron chi connectivity index (χ2n) is 6.22. The molecule has 18 heavy (non-hydrogen) atoms.